The van der Waals surface area contributed by atoms with E-state index in [0.29, 0.717) is 12.0 Å². The Hall–Kier alpha value is -0.830. The van der Waals surface area contributed by atoms with Crippen LogP contribution in [0.3, 0.4) is 0 Å². The second kappa shape index (κ2) is 4.26. The third-order valence-electron chi connectivity index (χ3n) is 1.91. The van der Waals surface area contributed by atoms with Crippen molar-refractivity contribution in [1.29, 1.82) is 0 Å². The summed E-state index contributed by atoms with van der Waals surface area (Å²) in [6.07, 6.45) is 3.48. The maximum absolute atomic E-state index is 5.43. The van der Waals surface area contributed by atoms with Gasteiger partial charge < -0.3 is 10.5 Å². The van der Waals surface area contributed by atoms with E-state index in [-0.39, 0.29) is 0 Å². The van der Waals surface area contributed by atoms with Gasteiger partial charge in [-0.15, -0.1) is 0 Å². The van der Waals surface area contributed by atoms with Gasteiger partial charge in [-0.1, -0.05) is 13.8 Å². The molecule has 0 atom stereocenters. The normalized spacial score (nSPS) is 20.4. The first-order chi connectivity index (χ1) is 5.74. The Morgan fingerprint density at radius 1 is 1.58 bits per heavy atom. The largest absolute Gasteiger partial charge is 0.404 e. The Balaban J connectivity index is 2.40. The van der Waals surface area contributed by atoms with Gasteiger partial charge >= 0.3 is 0 Å². The molecule has 1 aliphatic rings. The summed E-state index contributed by atoms with van der Waals surface area (Å²) in [5.41, 5.74) is 6.52. The first kappa shape index (κ1) is 9.26. The standard InChI is InChI=1S/C9H16N2O/c1-7(2)8(3-10)4-11-9-5-12-6-9/h3-4,7,9H,5-6,10H2,1-2H3. The van der Waals surface area contributed by atoms with Crippen LogP contribution >= 0.6 is 0 Å². The number of aliphatic imine (C=N–C) groups is 1. The van der Waals surface area contributed by atoms with Crippen molar-refractivity contribution in [3.63, 3.8) is 0 Å². The van der Waals surface area contributed by atoms with E-state index < -0.39 is 0 Å². The summed E-state index contributed by atoms with van der Waals surface area (Å²) >= 11 is 0. The van der Waals surface area contributed by atoms with Gasteiger partial charge in [-0.2, -0.15) is 0 Å². The van der Waals surface area contributed by atoms with E-state index in [9.17, 15) is 0 Å². The summed E-state index contributed by atoms with van der Waals surface area (Å²) in [4.78, 5) is 4.32. The van der Waals surface area contributed by atoms with E-state index >= 15 is 0 Å². The van der Waals surface area contributed by atoms with Gasteiger partial charge in [0.25, 0.3) is 0 Å². The van der Waals surface area contributed by atoms with Gasteiger partial charge in [0.05, 0.1) is 19.3 Å². The lowest BCUT2D eigenvalue weighted by Gasteiger charge is -2.21. The van der Waals surface area contributed by atoms with Crippen LogP contribution < -0.4 is 5.73 Å². The van der Waals surface area contributed by atoms with Crippen LogP contribution in [-0.2, 0) is 4.74 Å². The highest BCUT2D eigenvalue weighted by atomic mass is 16.5. The smallest absolute Gasteiger partial charge is 0.0965 e. The van der Waals surface area contributed by atoms with Crippen molar-refractivity contribution in [3.8, 4) is 0 Å². The molecular formula is C9H16N2O. The van der Waals surface area contributed by atoms with Crippen molar-refractivity contribution >= 4 is 6.21 Å². The van der Waals surface area contributed by atoms with E-state index in [2.05, 4.69) is 18.8 Å². The fraction of sp³-hybridized carbons (Fsp3) is 0.667. The van der Waals surface area contributed by atoms with Crippen LogP contribution in [0.4, 0.5) is 0 Å². The van der Waals surface area contributed by atoms with E-state index in [0.717, 1.165) is 18.8 Å². The van der Waals surface area contributed by atoms with Gasteiger partial charge in [0, 0.05) is 6.21 Å². The third kappa shape index (κ3) is 2.34. The Labute approximate surface area is 73.3 Å². The van der Waals surface area contributed by atoms with Gasteiger partial charge in [-0.25, -0.2) is 0 Å². The number of hydrogen-bond donors (Lipinski definition) is 1. The fourth-order valence-corrected chi connectivity index (χ4v) is 0.885. The topological polar surface area (TPSA) is 47.6 Å². The second-order valence-corrected chi connectivity index (χ2v) is 3.29. The summed E-state index contributed by atoms with van der Waals surface area (Å²) < 4.78 is 5.00. The second-order valence-electron chi connectivity index (χ2n) is 3.29. The minimum Gasteiger partial charge on any atom is -0.404 e. The molecule has 3 heteroatoms. The minimum atomic E-state index is 0.360. The number of ether oxygens (including phenoxy) is 1. The zero-order valence-corrected chi connectivity index (χ0v) is 7.66. The molecule has 0 amide bonds. The van der Waals surface area contributed by atoms with Crippen molar-refractivity contribution in [2.75, 3.05) is 13.2 Å². The lowest BCUT2D eigenvalue weighted by molar-refractivity contribution is 0.0135. The maximum Gasteiger partial charge on any atom is 0.0965 e. The molecule has 0 aromatic heterocycles. The van der Waals surface area contributed by atoms with E-state index in [1.54, 1.807) is 6.20 Å². The molecule has 1 aliphatic heterocycles. The van der Waals surface area contributed by atoms with Crippen molar-refractivity contribution in [1.82, 2.24) is 0 Å². The molecule has 68 valence electrons. The molecule has 1 saturated heterocycles. The molecule has 0 aliphatic carbocycles. The third-order valence-corrected chi connectivity index (χ3v) is 1.91. The molecule has 0 spiro atoms. The number of hydrogen-bond acceptors (Lipinski definition) is 3. The first-order valence-electron chi connectivity index (χ1n) is 4.26. The van der Waals surface area contributed by atoms with Crippen molar-refractivity contribution < 1.29 is 4.74 Å². The van der Waals surface area contributed by atoms with Crippen molar-refractivity contribution in [2.45, 2.75) is 19.9 Å². The van der Waals surface area contributed by atoms with E-state index in [1.807, 2.05) is 6.21 Å². The Kier molecular flexibility index (Phi) is 3.29. The maximum atomic E-state index is 5.43. The molecule has 1 fully saturated rings. The van der Waals surface area contributed by atoms with Crippen LogP contribution in [0.1, 0.15) is 13.8 Å². The van der Waals surface area contributed by atoms with Crippen LogP contribution in [-0.4, -0.2) is 25.5 Å². The molecule has 3 nitrogen and oxygen atoms in total. The summed E-state index contributed by atoms with van der Waals surface area (Å²) in [5, 5.41) is 0. The number of nitrogens with two attached hydrogens (primary N) is 1. The summed E-state index contributed by atoms with van der Waals surface area (Å²) in [6, 6.07) is 0.360. The van der Waals surface area contributed by atoms with Gasteiger partial charge in [-0.05, 0) is 17.7 Å². The van der Waals surface area contributed by atoms with Crippen LogP contribution in [0.15, 0.2) is 16.8 Å². The molecule has 0 radical (unpaired) electrons. The van der Waals surface area contributed by atoms with Gasteiger partial charge in [0.2, 0.25) is 0 Å². The zero-order chi connectivity index (χ0) is 8.97. The molecule has 0 saturated carbocycles. The van der Waals surface area contributed by atoms with Gasteiger partial charge in [0.15, 0.2) is 0 Å². The van der Waals surface area contributed by atoms with E-state index in [4.69, 9.17) is 10.5 Å². The SMILES string of the molecule is CC(C)C(C=NC1COC1)=CN. The molecule has 2 N–H and O–H groups in total. The Morgan fingerprint density at radius 2 is 2.25 bits per heavy atom. The number of allylic oxidation sites excluding steroid dienone is 1. The molecule has 0 unspecified atom stereocenters. The monoisotopic (exact) mass is 168 g/mol. The molecule has 0 aromatic rings. The summed E-state index contributed by atoms with van der Waals surface area (Å²) in [7, 11) is 0. The van der Waals surface area contributed by atoms with E-state index in [1.165, 1.54) is 0 Å². The highest BCUT2D eigenvalue weighted by Crippen LogP contribution is 2.08. The van der Waals surface area contributed by atoms with Crippen LogP contribution in [0, 0.1) is 5.92 Å². The molecule has 0 aromatic carbocycles. The highest BCUT2D eigenvalue weighted by molar-refractivity contribution is 5.79. The molecule has 0 bridgehead atoms. The molecular weight excluding hydrogens is 152 g/mol. The summed E-state index contributed by atoms with van der Waals surface area (Å²) in [5.74, 6) is 0.444. The highest BCUT2D eigenvalue weighted by Gasteiger charge is 2.15. The quantitative estimate of drug-likeness (QED) is 0.638. The Bertz CT molecular complexity index is 193. The average molecular weight is 168 g/mol. The van der Waals surface area contributed by atoms with Crippen LogP contribution in [0.5, 0.6) is 0 Å². The minimum absolute atomic E-state index is 0.360. The number of nitrogens with zero attached hydrogens (tertiary/aromatic N) is 1. The van der Waals surface area contributed by atoms with Gasteiger partial charge in [0.1, 0.15) is 0 Å². The van der Waals surface area contributed by atoms with Crippen LogP contribution in [0.25, 0.3) is 0 Å². The summed E-state index contributed by atoms with van der Waals surface area (Å²) in [6.45, 7) is 5.71. The lowest BCUT2D eigenvalue weighted by atomic mass is 10.1. The fourth-order valence-electron chi connectivity index (χ4n) is 0.885. The van der Waals surface area contributed by atoms with Gasteiger partial charge in [-0.3, -0.25) is 4.99 Å². The van der Waals surface area contributed by atoms with Crippen LogP contribution in [0.2, 0.25) is 0 Å². The average Bonchev–Trinajstić information content (AvgIpc) is 1.93. The van der Waals surface area contributed by atoms with Crippen molar-refractivity contribution in [3.05, 3.63) is 11.8 Å². The lowest BCUT2D eigenvalue weighted by Crippen LogP contribution is -2.31. The molecule has 1 rings (SSSR count). The zero-order valence-electron chi connectivity index (χ0n) is 7.66. The van der Waals surface area contributed by atoms with Crippen molar-refractivity contribution in [2.24, 2.45) is 16.6 Å². The molecule has 1 heterocycles. The predicted octanol–water partition coefficient (Wildman–Crippen LogP) is 0.955. The molecule has 12 heavy (non-hydrogen) atoms. The number of rotatable bonds is 3. The predicted molar refractivity (Wildman–Crippen MR) is 50.2 cm³/mol. The first-order valence-corrected chi connectivity index (χ1v) is 4.26. The Morgan fingerprint density at radius 3 is 2.58 bits per heavy atom.